The Bertz CT molecular complexity index is 1090. The number of hydrogen-bond acceptors (Lipinski definition) is 9. The molecule has 1 aliphatic rings. The van der Waals surface area contributed by atoms with Gasteiger partial charge in [-0.25, -0.2) is 0 Å². The number of aryl methyl sites for hydroxylation is 1. The number of fused-ring (bicyclic) bond motifs is 1. The van der Waals surface area contributed by atoms with E-state index in [1.807, 2.05) is 13.0 Å². The van der Waals surface area contributed by atoms with Gasteiger partial charge in [0.05, 0.1) is 12.5 Å². The second kappa shape index (κ2) is 6.64. The molecule has 0 aliphatic carbocycles. The Morgan fingerprint density at radius 3 is 2.61 bits per heavy atom. The van der Waals surface area contributed by atoms with Gasteiger partial charge >= 0.3 is 0 Å². The largest absolute Gasteiger partial charge is 0.469 e. The van der Waals surface area contributed by atoms with Crippen molar-refractivity contribution in [2.75, 3.05) is 36.8 Å². The molecule has 144 valence electrons. The van der Waals surface area contributed by atoms with Crippen LogP contribution in [0.4, 0.5) is 11.9 Å². The molecule has 1 saturated heterocycles. The molecule has 0 spiro atoms. The topological polar surface area (TPSA) is 115 Å². The van der Waals surface area contributed by atoms with Crippen molar-refractivity contribution in [2.45, 2.75) is 13.5 Å². The minimum Gasteiger partial charge on any atom is -0.469 e. The predicted molar refractivity (Wildman–Crippen MR) is 102 cm³/mol. The summed E-state index contributed by atoms with van der Waals surface area (Å²) in [7, 11) is 0. The Kier molecular flexibility index (Phi) is 3.97. The molecule has 4 aromatic heterocycles. The van der Waals surface area contributed by atoms with Crippen molar-refractivity contribution in [1.82, 2.24) is 29.5 Å². The van der Waals surface area contributed by atoms with E-state index in [1.54, 1.807) is 24.7 Å². The van der Waals surface area contributed by atoms with Crippen LogP contribution in [-0.4, -0.2) is 55.6 Å². The maximum atomic E-state index is 6.10. The smallest absolute Gasteiger partial charge is 0.259 e. The zero-order valence-corrected chi connectivity index (χ0v) is 15.4. The van der Waals surface area contributed by atoms with E-state index in [4.69, 9.17) is 14.6 Å². The zero-order chi connectivity index (χ0) is 19.1. The number of furan rings is 2. The van der Waals surface area contributed by atoms with Crippen LogP contribution < -0.4 is 10.6 Å². The Hall–Kier alpha value is -3.40. The van der Waals surface area contributed by atoms with Crippen LogP contribution in [0.2, 0.25) is 0 Å². The van der Waals surface area contributed by atoms with Gasteiger partial charge in [-0.3, -0.25) is 4.90 Å². The number of nitrogens with zero attached hydrogens (tertiary/aromatic N) is 7. The number of nitrogen functional groups attached to an aromatic ring is 1. The molecule has 28 heavy (non-hydrogen) atoms. The van der Waals surface area contributed by atoms with Crippen LogP contribution in [0.5, 0.6) is 0 Å². The Balaban J connectivity index is 1.33. The fourth-order valence-corrected chi connectivity index (χ4v) is 3.37. The van der Waals surface area contributed by atoms with Crippen LogP contribution in [0.1, 0.15) is 11.3 Å². The molecule has 0 radical (unpaired) electrons. The third-order valence-corrected chi connectivity index (χ3v) is 4.98. The second-order valence-corrected chi connectivity index (χ2v) is 6.77. The minimum absolute atomic E-state index is 0.252. The van der Waals surface area contributed by atoms with Crippen LogP contribution in [0.15, 0.2) is 39.6 Å². The molecule has 10 heteroatoms. The SMILES string of the molecule is Cc1occc1CN1CCN(c2nc(N)n3nc(-c4ccco4)nc3n2)CC1. The van der Waals surface area contributed by atoms with E-state index < -0.39 is 0 Å². The quantitative estimate of drug-likeness (QED) is 0.563. The standard InChI is InChI=1S/C18H20N8O2/c1-12-13(4-10-27-12)11-24-5-7-25(8-6-24)17-21-16(19)26-18(22-17)20-15(23-26)14-3-2-9-28-14/h2-4,9-10H,5-8,11H2,1H3,(H2,19,20,21,22,23). The van der Waals surface area contributed by atoms with E-state index in [1.165, 1.54) is 10.1 Å². The monoisotopic (exact) mass is 380 g/mol. The number of hydrogen-bond donors (Lipinski definition) is 1. The number of piperazine rings is 1. The van der Waals surface area contributed by atoms with Gasteiger partial charge in [0.2, 0.25) is 17.7 Å². The van der Waals surface area contributed by atoms with Gasteiger partial charge in [0.1, 0.15) is 5.76 Å². The summed E-state index contributed by atoms with van der Waals surface area (Å²) in [4.78, 5) is 17.9. The summed E-state index contributed by atoms with van der Waals surface area (Å²) >= 11 is 0. The van der Waals surface area contributed by atoms with Gasteiger partial charge in [-0.2, -0.15) is 19.5 Å². The number of aromatic nitrogens is 5. The Labute approximate surface area is 160 Å². The highest BCUT2D eigenvalue weighted by Gasteiger charge is 2.22. The molecule has 1 fully saturated rings. The highest BCUT2D eigenvalue weighted by Crippen LogP contribution is 2.20. The number of rotatable bonds is 4. The normalized spacial score (nSPS) is 15.5. The molecule has 0 saturated carbocycles. The van der Waals surface area contributed by atoms with Gasteiger partial charge in [-0.1, -0.05) is 0 Å². The highest BCUT2D eigenvalue weighted by atomic mass is 16.3. The van der Waals surface area contributed by atoms with Crippen molar-refractivity contribution in [3.8, 4) is 11.6 Å². The fourth-order valence-electron chi connectivity index (χ4n) is 3.37. The molecule has 5 heterocycles. The predicted octanol–water partition coefficient (Wildman–Crippen LogP) is 1.59. The summed E-state index contributed by atoms with van der Waals surface area (Å²) < 4.78 is 12.2. The Morgan fingerprint density at radius 1 is 1.04 bits per heavy atom. The van der Waals surface area contributed by atoms with E-state index in [0.29, 0.717) is 23.3 Å². The summed E-state index contributed by atoms with van der Waals surface area (Å²) in [5.74, 6) is 3.20. The first kappa shape index (κ1) is 16.8. The van der Waals surface area contributed by atoms with Gasteiger partial charge < -0.3 is 19.5 Å². The third kappa shape index (κ3) is 2.97. The molecule has 2 N–H and O–H groups in total. The lowest BCUT2D eigenvalue weighted by Gasteiger charge is -2.34. The zero-order valence-electron chi connectivity index (χ0n) is 15.4. The maximum absolute atomic E-state index is 6.10. The van der Waals surface area contributed by atoms with E-state index in [9.17, 15) is 0 Å². The summed E-state index contributed by atoms with van der Waals surface area (Å²) in [6.07, 6.45) is 3.31. The van der Waals surface area contributed by atoms with Crippen molar-refractivity contribution in [2.24, 2.45) is 0 Å². The van der Waals surface area contributed by atoms with Crippen LogP contribution in [0.25, 0.3) is 17.4 Å². The lowest BCUT2D eigenvalue weighted by atomic mass is 10.2. The summed E-state index contributed by atoms with van der Waals surface area (Å²) in [6, 6.07) is 5.60. The molecule has 0 amide bonds. The molecule has 0 unspecified atom stereocenters. The number of nitrogens with two attached hydrogens (primary N) is 1. The van der Waals surface area contributed by atoms with Crippen molar-refractivity contribution in [3.05, 3.63) is 42.0 Å². The third-order valence-electron chi connectivity index (χ3n) is 4.98. The summed E-state index contributed by atoms with van der Waals surface area (Å²) in [5.41, 5.74) is 7.32. The van der Waals surface area contributed by atoms with Crippen molar-refractivity contribution in [3.63, 3.8) is 0 Å². The van der Waals surface area contributed by atoms with E-state index in [0.717, 1.165) is 38.5 Å². The average Bonchev–Trinajstić information content (AvgIpc) is 3.43. The van der Waals surface area contributed by atoms with E-state index in [-0.39, 0.29) is 5.95 Å². The molecule has 0 bridgehead atoms. The van der Waals surface area contributed by atoms with E-state index >= 15 is 0 Å². The van der Waals surface area contributed by atoms with Crippen LogP contribution in [0, 0.1) is 6.92 Å². The highest BCUT2D eigenvalue weighted by molar-refractivity contribution is 5.53. The van der Waals surface area contributed by atoms with Crippen LogP contribution in [-0.2, 0) is 6.54 Å². The first-order valence-corrected chi connectivity index (χ1v) is 9.12. The lowest BCUT2D eigenvalue weighted by molar-refractivity contribution is 0.247. The Morgan fingerprint density at radius 2 is 1.89 bits per heavy atom. The summed E-state index contributed by atoms with van der Waals surface area (Å²) in [6.45, 7) is 6.31. The molecule has 5 rings (SSSR count). The fraction of sp³-hybridized carbons (Fsp3) is 0.333. The molecule has 1 aliphatic heterocycles. The van der Waals surface area contributed by atoms with Crippen molar-refractivity contribution >= 4 is 17.7 Å². The first-order valence-electron chi connectivity index (χ1n) is 9.12. The lowest BCUT2D eigenvalue weighted by Crippen LogP contribution is -2.46. The average molecular weight is 380 g/mol. The van der Waals surface area contributed by atoms with Gasteiger partial charge in [0.15, 0.2) is 5.76 Å². The van der Waals surface area contributed by atoms with Gasteiger partial charge in [-0.05, 0) is 25.1 Å². The molecular formula is C18H20N8O2. The molecular weight excluding hydrogens is 360 g/mol. The molecule has 10 nitrogen and oxygen atoms in total. The second-order valence-electron chi connectivity index (χ2n) is 6.77. The van der Waals surface area contributed by atoms with Crippen LogP contribution in [0.3, 0.4) is 0 Å². The van der Waals surface area contributed by atoms with Crippen molar-refractivity contribution < 1.29 is 8.83 Å². The minimum atomic E-state index is 0.252. The van der Waals surface area contributed by atoms with E-state index in [2.05, 4.69) is 29.9 Å². The molecule has 0 aromatic carbocycles. The van der Waals surface area contributed by atoms with Crippen LogP contribution >= 0.6 is 0 Å². The first-order chi connectivity index (χ1) is 13.7. The molecule has 0 atom stereocenters. The maximum Gasteiger partial charge on any atom is 0.259 e. The van der Waals surface area contributed by atoms with Gasteiger partial charge in [-0.15, -0.1) is 5.10 Å². The van der Waals surface area contributed by atoms with Crippen molar-refractivity contribution in [1.29, 1.82) is 0 Å². The van der Waals surface area contributed by atoms with Gasteiger partial charge in [0, 0.05) is 38.3 Å². The molecule has 4 aromatic rings. The summed E-state index contributed by atoms with van der Waals surface area (Å²) in [5, 5.41) is 4.33. The van der Waals surface area contributed by atoms with Gasteiger partial charge in [0.25, 0.3) is 5.78 Å². The number of anilines is 2.